The third-order valence-electron chi connectivity index (χ3n) is 7.13. The largest absolute Gasteiger partial charge is 0.487 e. The lowest BCUT2D eigenvalue weighted by Gasteiger charge is -2.34. The number of ether oxygens (including phenoxy) is 2. The average Bonchev–Trinajstić information content (AvgIpc) is 3.07. The number of carbonyl (C=O) groups excluding carboxylic acids is 1. The fourth-order valence-corrected chi connectivity index (χ4v) is 5.25. The first kappa shape index (κ1) is 28.2. The Morgan fingerprint density at radius 1 is 1.24 bits per heavy atom. The van der Waals surface area contributed by atoms with Gasteiger partial charge in [0.15, 0.2) is 27.0 Å². The number of carbonyl (C=O) groups is 1. The van der Waals surface area contributed by atoms with E-state index in [2.05, 4.69) is 10.3 Å². The number of pyridine rings is 1. The minimum atomic E-state index is -4.95. The smallest absolute Gasteiger partial charge is 0.417 e. The summed E-state index contributed by atoms with van der Waals surface area (Å²) in [5, 5.41) is 11.9. The van der Waals surface area contributed by atoms with Crippen LogP contribution in [-0.4, -0.2) is 60.8 Å². The zero-order valence-corrected chi connectivity index (χ0v) is 21.2. The average molecular weight is 565 g/mol. The van der Waals surface area contributed by atoms with Gasteiger partial charge in [0, 0.05) is 42.7 Å². The molecule has 14 heteroatoms. The summed E-state index contributed by atoms with van der Waals surface area (Å²) in [5.41, 5.74) is -3.20. The minimum Gasteiger partial charge on any atom is -0.487 e. The lowest BCUT2D eigenvalue weighted by atomic mass is 9.76. The molecule has 2 fully saturated rings. The van der Waals surface area contributed by atoms with Gasteiger partial charge in [0.1, 0.15) is 12.2 Å². The van der Waals surface area contributed by atoms with E-state index in [0.29, 0.717) is 0 Å². The summed E-state index contributed by atoms with van der Waals surface area (Å²) in [7, 11) is -3.71. The molecule has 2 aliphatic rings. The lowest BCUT2D eigenvalue weighted by molar-refractivity contribution is -0.272. The molecule has 1 aromatic carbocycles. The number of alkyl halides is 3. The minimum absolute atomic E-state index is 0.111. The second-order valence-electron chi connectivity index (χ2n) is 9.77. The molecule has 1 saturated heterocycles. The Balaban J connectivity index is 1.76. The molecule has 4 rings (SSSR count). The molecule has 38 heavy (non-hydrogen) atoms. The maximum Gasteiger partial charge on any atom is 0.417 e. The molecule has 0 unspecified atom stereocenters. The molecule has 1 aliphatic carbocycles. The SMILES string of the molecule is C[C@H]1[C@@H](c2ccc(F)c(F)c2OC2CC(O)C2)[C@H](C(=O)Nc2cncc(S(C)(=O)=O)c2)O[C@@]1(C)C(F)(F)F. The van der Waals surface area contributed by atoms with Crippen molar-refractivity contribution in [3.05, 3.63) is 47.8 Å². The molecule has 0 bridgehead atoms. The van der Waals surface area contributed by atoms with Crippen molar-refractivity contribution in [1.29, 1.82) is 0 Å². The van der Waals surface area contributed by atoms with Crippen LogP contribution in [0, 0.1) is 17.6 Å². The first-order chi connectivity index (χ1) is 17.5. The summed E-state index contributed by atoms with van der Waals surface area (Å²) >= 11 is 0. The Bertz CT molecular complexity index is 1350. The number of amides is 1. The molecule has 8 nitrogen and oxygen atoms in total. The van der Waals surface area contributed by atoms with E-state index in [1.807, 2.05) is 0 Å². The Morgan fingerprint density at radius 3 is 2.47 bits per heavy atom. The molecule has 1 amide bonds. The molecular formula is C24H25F5N2O6S. The van der Waals surface area contributed by atoms with Crippen molar-refractivity contribution in [2.24, 2.45) is 5.92 Å². The van der Waals surface area contributed by atoms with E-state index in [-0.39, 0.29) is 29.0 Å². The number of rotatable bonds is 6. The van der Waals surface area contributed by atoms with Crippen molar-refractivity contribution in [2.75, 3.05) is 11.6 Å². The molecule has 4 atom stereocenters. The van der Waals surface area contributed by atoms with Gasteiger partial charge < -0.3 is 19.9 Å². The molecule has 208 valence electrons. The van der Waals surface area contributed by atoms with Crippen LogP contribution in [0.5, 0.6) is 5.75 Å². The standard InChI is InChI=1S/C24H25F5N2O6S/c1-11-18(16-4-5-17(25)19(26)20(16)36-14-7-13(32)8-14)21(37-23(11,2)24(27,28)29)22(33)31-12-6-15(10-30-9-12)38(3,34)35/h4-6,9-11,13-14,18,21,32H,7-8H2,1-3H3,(H,31,33)/t11-,13?,14?,18-,21+,23+/m0/s1. The third kappa shape index (κ3) is 5.08. The van der Waals surface area contributed by atoms with Crippen LogP contribution in [0.3, 0.4) is 0 Å². The quantitative estimate of drug-likeness (QED) is 0.514. The van der Waals surface area contributed by atoms with Crippen molar-refractivity contribution in [2.45, 2.75) is 67.6 Å². The highest BCUT2D eigenvalue weighted by Gasteiger charge is 2.66. The second-order valence-corrected chi connectivity index (χ2v) is 11.8. The molecule has 0 spiro atoms. The molecular weight excluding hydrogens is 539 g/mol. The van der Waals surface area contributed by atoms with Crippen molar-refractivity contribution < 1.29 is 49.7 Å². The molecule has 2 heterocycles. The molecule has 1 aromatic heterocycles. The van der Waals surface area contributed by atoms with Gasteiger partial charge in [0.2, 0.25) is 5.82 Å². The number of nitrogens with one attached hydrogen (secondary N) is 1. The summed E-state index contributed by atoms with van der Waals surface area (Å²) in [5.74, 6) is -7.43. The van der Waals surface area contributed by atoms with E-state index < -0.39 is 75.1 Å². The van der Waals surface area contributed by atoms with Crippen molar-refractivity contribution >= 4 is 21.4 Å². The van der Waals surface area contributed by atoms with Gasteiger partial charge in [-0.05, 0) is 19.1 Å². The number of aromatic nitrogens is 1. The van der Waals surface area contributed by atoms with E-state index in [9.17, 15) is 40.3 Å². The highest BCUT2D eigenvalue weighted by Crippen LogP contribution is 2.55. The lowest BCUT2D eigenvalue weighted by Crippen LogP contribution is -2.47. The summed E-state index contributed by atoms with van der Waals surface area (Å²) in [4.78, 5) is 16.8. The molecule has 1 aliphatic heterocycles. The van der Waals surface area contributed by atoms with Crippen molar-refractivity contribution in [1.82, 2.24) is 4.98 Å². The van der Waals surface area contributed by atoms with Gasteiger partial charge in [0.05, 0.1) is 22.9 Å². The highest BCUT2D eigenvalue weighted by molar-refractivity contribution is 7.90. The third-order valence-corrected chi connectivity index (χ3v) is 8.21. The van der Waals surface area contributed by atoms with Crippen LogP contribution in [0.4, 0.5) is 27.6 Å². The predicted molar refractivity (Wildman–Crippen MR) is 123 cm³/mol. The van der Waals surface area contributed by atoms with Crippen molar-refractivity contribution in [3.63, 3.8) is 0 Å². The second kappa shape index (κ2) is 9.72. The van der Waals surface area contributed by atoms with Crippen LogP contribution in [0.25, 0.3) is 0 Å². The number of aliphatic hydroxyl groups is 1. The number of hydrogen-bond acceptors (Lipinski definition) is 7. The monoisotopic (exact) mass is 564 g/mol. The number of sulfone groups is 1. The Hall–Kier alpha value is -2.84. The number of nitrogens with zero attached hydrogens (tertiary/aromatic N) is 1. The van der Waals surface area contributed by atoms with E-state index in [1.165, 1.54) is 6.92 Å². The van der Waals surface area contributed by atoms with E-state index in [4.69, 9.17) is 9.47 Å². The normalized spacial score (nSPS) is 29.6. The van der Waals surface area contributed by atoms with E-state index >= 15 is 0 Å². The fraction of sp³-hybridized carbons (Fsp3) is 0.500. The van der Waals surface area contributed by atoms with Gasteiger partial charge in [-0.1, -0.05) is 13.0 Å². The van der Waals surface area contributed by atoms with Crippen LogP contribution in [0.1, 0.15) is 38.2 Å². The summed E-state index contributed by atoms with van der Waals surface area (Å²) in [6.45, 7) is 1.93. The summed E-state index contributed by atoms with van der Waals surface area (Å²) < 4.78 is 106. The predicted octanol–water partition coefficient (Wildman–Crippen LogP) is 3.74. The maximum atomic E-state index is 14.9. The van der Waals surface area contributed by atoms with Gasteiger partial charge in [0.25, 0.3) is 5.91 Å². The topological polar surface area (TPSA) is 115 Å². The van der Waals surface area contributed by atoms with Gasteiger partial charge in [-0.3, -0.25) is 9.78 Å². The summed E-state index contributed by atoms with van der Waals surface area (Å²) in [6.07, 6.45) is -4.97. The zero-order chi connectivity index (χ0) is 28.2. The van der Waals surface area contributed by atoms with Crippen LogP contribution in [0.15, 0.2) is 35.5 Å². The van der Waals surface area contributed by atoms with Gasteiger partial charge in [-0.25, -0.2) is 12.8 Å². The fourth-order valence-electron chi connectivity index (χ4n) is 4.66. The number of benzene rings is 1. The number of hydrogen-bond donors (Lipinski definition) is 2. The van der Waals surface area contributed by atoms with E-state index in [0.717, 1.165) is 43.8 Å². The first-order valence-corrected chi connectivity index (χ1v) is 13.4. The van der Waals surface area contributed by atoms with Crippen LogP contribution in [-0.2, 0) is 19.4 Å². The van der Waals surface area contributed by atoms with Gasteiger partial charge in [-0.15, -0.1) is 0 Å². The number of halogens is 5. The molecule has 2 N–H and O–H groups in total. The summed E-state index contributed by atoms with van der Waals surface area (Å²) in [6, 6.07) is 2.84. The zero-order valence-electron chi connectivity index (χ0n) is 20.4. The highest BCUT2D eigenvalue weighted by atomic mass is 32.2. The Labute approximate surface area is 215 Å². The van der Waals surface area contributed by atoms with Crippen LogP contribution >= 0.6 is 0 Å². The molecule has 2 aromatic rings. The number of aliphatic hydroxyl groups excluding tert-OH is 1. The van der Waals surface area contributed by atoms with Gasteiger partial charge in [-0.2, -0.15) is 17.6 Å². The van der Waals surface area contributed by atoms with Crippen molar-refractivity contribution in [3.8, 4) is 5.75 Å². The number of anilines is 1. The van der Waals surface area contributed by atoms with Crippen LogP contribution < -0.4 is 10.1 Å². The molecule has 1 saturated carbocycles. The van der Waals surface area contributed by atoms with E-state index in [1.54, 1.807) is 0 Å². The van der Waals surface area contributed by atoms with Crippen LogP contribution in [0.2, 0.25) is 0 Å². The maximum absolute atomic E-state index is 14.9. The Morgan fingerprint density at radius 2 is 1.89 bits per heavy atom. The van der Waals surface area contributed by atoms with Gasteiger partial charge >= 0.3 is 6.18 Å². The first-order valence-electron chi connectivity index (χ1n) is 11.6. The Kier molecular flexibility index (Phi) is 7.21. The molecule has 0 radical (unpaired) electrons.